The SMILES string of the molecule is CC(C)c1cc(C(F)(F)F)c(OC2CC2)cn1. The highest BCUT2D eigenvalue weighted by atomic mass is 19.4. The summed E-state index contributed by atoms with van der Waals surface area (Å²) in [6.07, 6.45) is -1.62. The van der Waals surface area contributed by atoms with E-state index in [9.17, 15) is 13.2 Å². The Morgan fingerprint density at radius 1 is 1.35 bits per heavy atom. The summed E-state index contributed by atoms with van der Waals surface area (Å²) in [6.45, 7) is 3.62. The molecule has 1 heterocycles. The zero-order valence-corrected chi connectivity index (χ0v) is 9.71. The van der Waals surface area contributed by atoms with Crippen molar-refractivity contribution in [3.63, 3.8) is 0 Å². The van der Waals surface area contributed by atoms with Crippen LogP contribution < -0.4 is 4.74 Å². The van der Waals surface area contributed by atoms with Crippen LogP contribution in [0.3, 0.4) is 0 Å². The van der Waals surface area contributed by atoms with Crippen molar-refractivity contribution in [2.24, 2.45) is 0 Å². The molecule has 0 aliphatic heterocycles. The maximum absolute atomic E-state index is 12.9. The molecule has 1 aliphatic carbocycles. The van der Waals surface area contributed by atoms with Gasteiger partial charge < -0.3 is 4.74 Å². The fraction of sp³-hybridized carbons (Fsp3) is 0.583. The van der Waals surface area contributed by atoms with Crippen LogP contribution in [-0.2, 0) is 6.18 Å². The number of aromatic nitrogens is 1. The minimum atomic E-state index is -4.39. The lowest BCUT2D eigenvalue weighted by molar-refractivity contribution is -0.139. The first-order chi connectivity index (χ1) is 7.88. The van der Waals surface area contributed by atoms with Crippen LogP contribution in [0.25, 0.3) is 0 Å². The number of hydrogen-bond donors (Lipinski definition) is 0. The van der Waals surface area contributed by atoms with Gasteiger partial charge >= 0.3 is 6.18 Å². The van der Waals surface area contributed by atoms with E-state index >= 15 is 0 Å². The van der Waals surface area contributed by atoms with Crippen molar-refractivity contribution in [1.82, 2.24) is 4.98 Å². The molecule has 0 bridgehead atoms. The second-order valence-corrected chi connectivity index (χ2v) is 4.57. The second-order valence-electron chi connectivity index (χ2n) is 4.57. The maximum Gasteiger partial charge on any atom is 0.420 e. The highest BCUT2D eigenvalue weighted by molar-refractivity contribution is 5.36. The van der Waals surface area contributed by atoms with Crippen LogP contribution in [0.4, 0.5) is 13.2 Å². The number of pyridine rings is 1. The summed E-state index contributed by atoms with van der Waals surface area (Å²) in [5.41, 5.74) is -0.288. The lowest BCUT2D eigenvalue weighted by atomic mass is 10.1. The molecule has 5 heteroatoms. The van der Waals surface area contributed by atoms with Crippen molar-refractivity contribution in [2.45, 2.75) is 44.9 Å². The molecule has 0 unspecified atom stereocenters. The lowest BCUT2D eigenvalue weighted by Crippen LogP contribution is -2.11. The van der Waals surface area contributed by atoms with Crippen molar-refractivity contribution < 1.29 is 17.9 Å². The zero-order chi connectivity index (χ0) is 12.6. The Morgan fingerprint density at radius 2 is 2.00 bits per heavy atom. The van der Waals surface area contributed by atoms with Gasteiger partial charge in [-0.05, 0) is 24.8 Å². The molecule has 0 saturated heterocycles. The van der Waals surface area contributed by atoms with E-state index in [1.807, 2.05) is 13.8 Å². The Labute approximate surface area is 97.8 Å². The van der Waals surface area contributed by atoms with E-state index in [4.69, 9.17) is 4.74 Å². The summed E-state index contributed by atoms with van der Waals surface area (Å²) in [5, 5.41) is 0. The van der Waals surface area contributed by atoms with Crippen LogP contribution in [0.15, 0.2) is 12.3 Å². The minimum Gasteiger partial charge on any atom is -0.488 e. The summed E-state index contributed by atoms with van der Waals surface area (Å²) in [4.78, 5) is 4.01. The van der Waals surface area contributed by atoms with Gasteiger partial charge in [0, 0.05) is 5.69 Å². The third-order valence-corrected chi connectivity index (χ3v) is 2.60. The molecule has 0 radical (unpaired) electrons. The predicted molar refractivity (Wildman–Crippen MR) is 57.0 cm³/mol. The molecule has 1 fully saturated rings. The van der Waals surface area contributed by atoms with E-state index < -0.39 is 11.7 Å². The average Bonchev–Trinajstić information content (AvgIpc) is 3.00. The molecule has 1 aromatic heterocycles. The van der Waals surface area contributed by atoms with Gasteiger partial charge in [-0.2, -0.15) is 13.2 Å². The molecular weight excluding hydrogens is 231 g/mol. The van der Waals surface area contributed by atoms with Crippen LogP contribution in [-0.4, -0.2) is 11.1 Å². The van der Waals surface area contributed by atoms with Crippen molar-refractivity contribution in [3.05, 3.63) is 23.5 Å². The monoisotopic (exact) mass is 245 g/mol. The Morgan fingerprint density at radius 3 is 2.47 bits per heavy atom. The van der Waals surface area contributed by atoms with E-state index in [0.29, 0.717) is 5.69 Å². The van der Waals surface area contributed by atoms with Crippen molar-refractivity contribution >= 4 is 0 Å². The average molecular weight is 245 g/mol. The fourth-order valence-corrected chi connectivity index (χ4v) is 1.46. The maximum atomic E-state index is 12.9. The van der Waals surface area contributed by atoms with Gasteiger partial charge in [0.1, 0.15) is 11.3 Å². The topological polar surface area (TPSA) is 22.1 Å². The van der Waals surface area contributed by atoms with Crippen molar-refractivity contribution in [2.75, 3.05) is 0 Å². The first-order valence-corrected chi connectivity index (χ1v) is 5.61. The van der Waals surface area contributed by atoms with Gasteiger partial charge in [-0.25, -0.2) is 0 Å². The third-order valence-electron chi connectivity index (χ3n) is 2.60. The lowest BCUT2D eigenvalue weighted by Gasteiger charge is -2.15. The molecule has 17 heavy (non-hydrogen) atoms. The Hall–Kier alpha value is -1.26. The summed E-state index contributed by atoms with van der Waals surface area (Å²) < 4.78 is 43.8. The largest absolute Gasteiger partial charge is 0.488 e. The number of ether oxygens (including phenoxy) is 1. The summed E-state index contributed by atoms with van der Waals surface area (Å²) in [6, 6.07) is 1.09. The van der Waals surface area contributed by atoms with E-state index in [2.05, 4.69) is 4.98 Å². The molecule has 1 aliphatic rings. The van der Waals surface area contributed by atoms with Crippen LogP contribution in [0.5, 0.6) is 5.75 Å². The molecule has 1 aromatic rings. The molecule has 0 atom stereocenters. The fourth-order valence-electron chi connectivity index (χ4n) is 1.46. The normalized spacial score (nSPS) is 16.4. The van der Waals surface area contributed by atoms with E-state index in [-0.39, 0.29) is 17.8 Å². The van der Waals surface area contributed by atoms with Crippen LogP contribution in [0, 0.1) is 0 Å². The molecule has 0 amide bonds. The molecule has 2 rings (SSSR count). The van der Waals surface area contributed by atoms with Gasteiger partial charge in [-0.1, -0.05) is 13.8 Å². The highest BCUT2D eigenvalue weighted by Crippen LogP contribution is 2.39. The van der Waals surface area contributed by atoms with Crippen molar-refractivity contribution in [1.29, 1.82) is 0 Å². The van der Waals surface area contributed by atoms with Gasteiger partial charge in [0.15, 0.2) is 0 Å². The zero-order valence-electron chi connectivity index (χ0n) is 9.71. The molecule has 1 saturated carbocycles. The van der Waals surface area contributed by atoms with Crippen LogP contribution in [0.2, 0.25) is 0 Å². The molecule has 0 N–H and O–H groups in total. The third kappa shape index (κ3) is 2.90. The smallest absolute Gasteiger partial charge is 0.420 e. The van der Waals surface area contributed by atoms with Gasteiger partial charge in [0.05, 0.1) is 12.3 Å². The van der Waals surface area contributed by atoms with Crippen molar-refractivity contribution in [3.8, 4) is 5.75 Å². The highest BCUT2D eigenvalue weighted by Gasteiger charge is 2.37. The first-order valence-electron chi connectivity index (χ1n) is 5.61. The first kappa shape index (κ1) is 12.2. The van der Waals surface area contributed by atoms with E-state index in [1.165, 1.54) is 6.20 Å². The molecule has 94 valence electrons. The second kappa shape index (κ2) is 4.20. The Balaban J connectivity index is 2.36. The number of alkyl halides is 3. The van der Waals surface area contributed by atoms with E-state index in [1.54, 1.807) is 0 Å². The standard InChI is InChI=1S/C12H14F3NO/c1-7(2)10-5-9(12(13,14)15)11(6-16-10)17-8-3-4-8/h5-8H,3-4H2,1-2H3. The number of nitrogens with zero attached hydrogens (tertiary/aromatic N) is 1. The molecule has 2 nitrogen and oxygen atoms in total. The molecule has 0 aromatic carbocycles. The van der Waals surface area contributed by atoms with Gasteiger partial charge in [-0.3, -0.25) is 4.98 Å². The van der Waals surface area contributed by atoms with E-state index in [0.717, 1.165) is 18.9 Å². The predicted octanol–water partition coefficient (Wildman–Crippen LogP) is 3.77. The Kier molecular flexibility index (Phi) is 3.02. The van der Waals surface area contributed by atoms with Gasteiger partial charge in [-0.15, -0.1) is 0 Å². The molecular formula is C12H14F3NO. The van der Waals surface area contributed by atoms with Gasteiger partial charge in [0.2, 0.25) is 0 Å². The number of rotatable bonds is 3. The summed E-state index contributed by atoms with van der Waals surface area (Å²) in [7, 11) is 0. The number of halogens is 3. The van der Waals surface area contributed by atoms with Gasteiger partial charge in [0.25, 0.3) is 0 Å². The summed E-state index contributed by atoms with van der Waals surface area (Å²) >= 11 is 0. The van der Waals surface area contributed by atoms with Crippen LogP contribution >= 0.6 is 0 Å². The number of hydrogen-bond acceptors (Lipinski definition) is 2. The quantitative estimate of drug-likeness (QED) is 0.808. The molecule has 0 spiro atoms. The van der Waals surface area contributed by atoms with Crippen LogP contribution in [0.1, 0.15) is 43.9 Å². The Bertz CT molecular complexity index is 411. The summed E-state index contributed by atoms with van der Waals surface area (Å²) in [5.74, 6) is -0.185. The minimum absolute atomic E-state index is 0.0360.